The van der Waals surface area contributed by atoms with Crippen LogP contribution in [0.1, 0.15) is 19.4 Å². The van der Waals surface area contributed by atoms with E-state index in [9.17, 15) is 23.3 Å². The van der Waals surface area contributed by atoms with Crippen molar-refractivity contribution >= 4 is 11.4 Å². The Morgan fingerprint density at radius 3 is 2.40 bits per heavy atom. The quantitative estimate of drug-likeness (QED) is 0.667. The van der Waals surface area contributed by atoms with Crippen LogP contribution >= 0.6 is 0 Å². The first kappa shape index (κ1) is 16.2. The van der Waals surface area contributed by atoms with E-state index in [0.29, 0.717) is 0 Å². The fourth-order valence-corrected chi connectivity index (χ4v) is 1.42. The lowest BCUT2D eigenvalue weighted by molar-refractivity contribution is -0.388. The molecule has 0 saturated carbocycles. The molecule has 0 amide bonds. The van der Waals surface area contributed by atoms with Crippen LogP contribution in [-0.2, 0) is 10.9 Å². The van der Waals surface area contributed by atoms with Gasteiger partial charge in [0.1, 0.15) is 5.56 Å². The molecule has 112 valence electrons. The van der Waals surface area contributed by atoms with E-state index in [1.165, 1.54) is 13.2 Å². The Morgan fingerprint density at radius 2 is 1.95 bits per heavy atom. The Kier molecular flexibility index (Phi) is 4.59. The minimum atomic E-state index is -4.78. The van der Waals surface area contributed by atoms with Gasteiger partial charge in [-0.05, 0) is 26.0 Å². The van der Waals surface area contributed by atoms with Gasteiger partial charge in [-0.15, -0.1) is 0 Å². The fraction of sp³-hybridized carbons (Fsp3) is 0.500. The first-order valence-electron chi connectivity index (χ1n) is 5.71. The van der Waals surface area contributed by atoms with Crippen LogP contribution in [0.5, 0.6) is 0 Å². The average molecular weight is 292 g/mol. The number of alkyl halides is 3. The van der Waals surface area contributed by atoms with Crippen molar-refractivity contribution in [2.45, 2.75) is 25.6 Å². The molecule has 0 fully saturated rings. The lowest BCUT2D eigenvalue weighted by atomic mass is 10.1. The molecule has 0 atom stereocenters. The van der Waals surface area contributed by atoms with Crippen molar-refractivity contribution in [3.8, 4) is 0 Å². The number of nitro benzene ring substituents is 1. The third-order valence-corrected chi connectivity index (χ3v) is 2.77. The van der Waals surface area contributed by atoms with Crippen LogP contribution in [0.2, 0.25) is 0 Å². The van der Waals surface area contributed by atoms with Gasteiger partial charge in [0.25, 0.3) is 5.69 Å². The molecule has 0 aliphatic carbocycles. The van der Waals surface area contributed by atoms with E-state index < -0.39 is 28.0 Å². The van der Waals surface area contributed by atoms with E-state index in [-0.39, 0.29) is 12.2 Å². The molecule has 5 nitrogen and oxygen atoms in total. The zero-order valence-electron chi connectivity index (χ0n) is 11.2. The van der Waals surface area contributed by atoms with E-state index >= 15 is 0 Å². The van der Waals surface area contributed by atoms with Crippen LogP contribution in [0.25, 0.3) is 0 Å². The molecule has 0 heterocycles. The van der Waals surface area contributed by atoms with Gasteiger partial charge in [-0.3, -0.25) is 10.1 Å². The summed E-state index contributed by atoms with van der Waals surface area (Å²) in [5, 5.41) is 13.4. The van der Waals surface area contributed by atoms with E-state index in [4.69, 9.17) is 4.74 Å². The highest BCUT2D eigenvalue weighted by atomic mass is 19.4. The molecule has 1 N–H and O–H groups in total. The number of nitro groups is 1. The van der Waals surface area contributed by atoms with E-state index in [2.05, 4.69) is 5.32 Å². The maximum Gasteiger partial charge on any atom is 0.423 e. The lowest BCUT2D eigenvalue weighted by Gasteiger charge is -2.24. The summed E-state index contributed by atoms with van der Waals surface area (Å²) >= 11 is 0. The number of rotatable bonds is 5. The predicted molar refractivity (Wildman–Crippen MR) is 67.7 cm³/mol. The average Bonchev–Trinajstić information content (AvgIpc) is 2.35. The number of nitrogens with one attached hydrogen (secondary N) is 1. The summed E-state index contributed by atoms with van der Waals surface area (Å²) in [4.78, 5) is 9.56. The molecule has 0 radical (unpaired) electrons. The highest BCUT2D eigenvalue weighted by Crippen LogP contribution is 2.37. The van der Waals surface area contributed by atoms with Gasteiger partial charge >= 0.3 is 6.18 Å². The monoisotopic (exact) mass is 292 g/mol. The summed E-state index contributed by atoms with van der Waals surface area (Å²) in [6, 6.07) is 2.80. The Balaban J connectivity index is 3.05. The van der Waals surface area contributed by atoms with E-state index in [1.54, 1.807) is 13.8 Å². The Bertz CT molecular complexity index is 501. The molecule has 1 rings (SSSR count). The summed E-state index contributed by atoms with van der Waals surface area (Å²) in [5.41, 5.74) is -2.66. The van der Waals surface area contributed by atoms with Crippen LogP contribution in [-0.4, -0.2) is 24.2 Å². The molecule has 0 aromatic heterocycles. The van der Waals surface area contributed by atoms with E-state index in [0.717, 1.165) is 12.1 Å². The van der Waals surface area contributed by atoms with Gasteiger partial charge in [-0.2, -0.15) is 13.2 Å². The fourth-order valence-electron chi connectivity index (χ4n) is 1.42. The summed E-state index contributed by atoms with van der Waals surface area (Å²) in [7, 11) is 1.48. The normalized spacial score (nSPS) is 12.3. The Labute approximate surface area is 113 Å². The van der Waals surface area contributed by atoms with Crippen molar-refractivity contribution < 1.29 is 22.8 Å². The number of methoxy groups -OCH3 is 1. The minimum absolute atomic E-state index is 0.146. The van der Waals surface area contributed by atoms with Gasteiger partial charge in [0.05, 0.1) is 10.5 Å². The molecule has 20 heavy (non-hydrogen) atoms. The molecule has 0 bridgehead atoms. The Morgan fingerprint density at radius 1 is 1.35 bits per heavy atom. The zero-order chi connectivity index (χ0) is 15.6. The molecule has 0 spiro atoms. The van der Waals surface area contributed by atoms with Crippen LogP contribution < -0.4 is 5.32 Å². The number of halogens is 3. The highest BCUT2D eigenvalue weighted by Gasteiger charge is 2.38. The molecule has 1 aromatic carbocycles. The van der Waals surface area contributed by atoms with Gasteiger partial charge < -0.3 is 10.1 Å². The third kappa shape index (κ3) is 4.09. The van der Waals surface area contributed by atoms with Crippen LogP contribution in [0, 0.1) is 10.1 Å². The first-order valence-corrected chi connectivity index (χ1v) is 5.71. The van der Waals surface area contributed by atoms with Crippen molar-refractivity contribution in [2.75, 3.05) is 19.0 Å². The van der Waals surface area contributed by atoms with Crippen molar-refractivity contribution in [1.82, 2.24) is 0 Å². The molecule has 0 aliphatic rings. The number of hydrogen-bond acceptors (Lipinski definition) is 4. The van der Waals surface area contributed by atoms with Crippen molar-refractivity contribution in [3.05, 3.63) is 33.9 Å². The van der Waals surface area contributed by atoms with E-state index in [1.807, 2.05) is 0 Å². The lowest BCUT2D eigenvalue weighted by Crippen LogP contribution is -2.32. The van der Waals surface area contributed by atoms with Crippen molar-refractivity contribution in [1.29, 1.82) is 0 Å². The first-order chi connectivity index (χ1) is 9.07. The van der Waals surface area contributed by atoms with Gasteiger partial charge in [-0.1, -0.05) is 0 Å². The van der Waals surface area contributed by atoms with Gasteiger partial charge in [0, 0.05) is 25.4 Å². The maximum absolute atomic E-state index is 12.8. The van der Waals surface area contributed by atoms with Gasteiger partial charge in [-0.25, -0.2) is 0 Å². The zero-order valence-corrected chi connectivity index (χ0v) is 11.2. The van der Waals surface area contributed by atoms with Gasteiger partial charge in [0.2, 0.25) is 0 Å². The standard InChI is InChI=1S/C12H15F3N2O3/c1-11(2,20-3)7-16-8-4-5-10(17(18)19)9(6-8)12(13,14)15/h4-6,16H,7H2,1-3H3. The minimum Gasteiger partial charge on any atom is -0.382 e. The third-order valence-electron chi connectivity index (χ3n) is 2.77. The largest absolute Gasteiger partial charge is 0.423 e. The molecule has 1 aromatic rings. The topological polar surface area (TPSA) is 64.4 Å². The van der Waals surface area contributed by atoms with Crippen LogP contribution in [0.15, 0.2) is 18.2 Å². The molecule has 0 saturated heterocycles. The van der Waals surface area contributed by atoms with Crippen molar-refractivity contribution in [2.24, 2.45) is 0 Å². The maximum atomic E-state index is 12.8. The smallest absolute Gasteiger partial charge is 0.382 e. The molecule has 8 heteroatoms. The molecular formula is C12H15F3N2O3. The second-order valence-corrected chi connectivity index (χ2v) is 4.80. The SMILES string of the molecule is COC(C)(C)CNc1ccc([N+](=O)[O-])c(C(F)(F)F)c1. The Hall–Kier alpha value is -1.83. The van der Waals surface area contributed by atoms with Crippen molar-refractivity contribution in [3.63, 3.8) is 0 Å². The number of ether oxygens (including phenoxy) is 1. The summed E-state index contributed by atoms with van der Waals surface area (Å²) in [6.45, 7) is 3.78. The molecule has 0 aliphatic heterocycles. The number of benzene rings is 1. The summed E-state index contributed by atoms with van der Waals surface area (Å²) in [5.74, 6) is 0. The second-order valence-electron chi connectivity index (χ2n) is 4.80. The molecule has 0 unspecified atom stereocenters. The summed E-state index contributed by atoms with van der Waals surface area (Å²) in [6.07, 6.45) is -4.78. The summed E-state index contributed by atoms with van der Waals surface area (Å²) < 4.78 is 43.4. The van der Waals surface area contributed by atoms with Gasteiger partial charge in [0.15, 0.2) is 0 Å². The number of anilines is 1. The highest BCUT2D eigenvalue weighted by molar-refractivity contribution is 5.55. The number of nitrogens with zero attached hydrogens (tertiary/aromatic N) is 1. The molecular weight excluding hydrogens is 277 g/mol. The van der Waals surface area contributed by atoms with Crippen LogP contribution in [0.4, 0.5) is 24.5 Å². The number of hydrogen-bond donors (Lipinski definition) is 1. The van der Waals surface area contributed by atoms with Crippen LogP contribution in [0.3, 0.4) is 0 Å². The predicted octanol–water partition coefficient (Wildman–Crippen LogP) is 3.45. The second kappa shape index (κ2) is 5.66.